The molecule has 1 aliphatic carbocycles. The highest BCUT2D eigenvalue weighted by Crippen LogP contribution is 2.48. The van der Waals surface area contributed by atoms with Crippen LogP contribution in [0.3, 0.4) is 0 Å². The molecule has 0 aromatic carbocycles. The average Bonchev–Trinajstić information content (AvgIpc) is 2.54. The van der Waals surface area contributed by atoms with Gasteiger partial charge >= 0.3 is 0 Å². The molecule has 0 saturated heterocycles. The van der Waals surface area contributed by atoms with Crippen molar-refractivity contribution in [1.82, 2.24) is 0 Å². The fourth-order valence-electron chi connectivity index (χ4n) is 3.29. The van der Waals surface area contributed by atoms with Gasteiger partial charge in [-0.3, -0.25) is 4.79 Å². The van der Waals surface area contributed by atoms with E-state index in [2.05, 4.69) is 13.2 Å². The van der Waals surface area contributed by atoms with Crippen molar-refractivity contribution in [3.05, 3.63) is 24.8 Å². The van der Waals surface area contributed by atoms with Gasteiger partial charge in [0.2, 0.25) is 0 Å². The summed E-state index contributed by atoms with van der Waals surface area (Å²) in [5, 5.41) is 10.6. The van der Waals surface area contributed by atoms with Crippen LogP contribution in [-0.2, 0) is 4.79 Å². The second kappa shape index (κ2) is 5.62. The van der Waals surface area contributed by atoms with Crippen LogP contribution in [0.1, 0.15) is 53.4 Å². The maximum Gasteiger partial charge on any atom is 0.142 e. The van der Waals surface area contributed by atoms with Gasteiger partial charge in [-0.25, -0.2) is 0 Å². The van der Waals surface area contributed by atoms with Crippen LogP contribution < -0.4 is 0 Å². The predicted molar refractivity (Wildman–Crippen MR) is 79.9 cm³/mol. The summed E-state index contributed by atoms with van der Waals surface area (Å²) >= 11 is 0. The minimum atomic E-state index is -0.685. The Bertz CT molecular complexity index is 377. The maximum atomic E-state index is 12.2. The molecule has 0 aliphatic heterocycles. The molecule has 0 radical (unpaired) electrons. The molecule has 2 heteroatoms. The maximum absolute atomic E-state index is 12.2. The summed E-state index contributed by atoms with van der Waals surface area (Å²) in [7, 11) is 0. The zero-order valence-corrected chi connectivity index (χ0v) is 12.8. The first-order valence-electron chi connectivity index (χ1n) is 7.14. The fraction of sp³-hybridized carbons (Fsp3) is 0.706. The van der Waals surface area contributed by atoms with E-state index in [4.69, 9.17) is 0 Å². The molecule has 1 fully saturated rings. The van der Waals surface area contributed by atoms with E-state index in [1.807, 2.05) is 27.7 Å². The molecule has 0 unspecified atom stereocenters. The Morgan fingerprint density at radius 3 is 2.58 bits per heavy atom. The van der Waals surface area contributed by atoms with Crippen LogP contribution in [0.15, 0.2) is 24.8 Å². The Morgan fingerprint density at radius 1 is 1.53 bits per heavy atom. The van der Waals surface area contributed by atoms with Crippen LogP contribution in [0.5, 0.6) is 0 Å². The van der Waals surface area contributed by atoms with Gasteiger partial charge in [-0.05, 0) is 44.9 Å². The lowest BCUT2D eigenvalue weighted by molar-refractivity contribution is -0.128. The van der Waals surface area contributed by atoms with Gasteiger partial charge in [-0.1, -0.05) is 32.1 Å². The molecule has 1 N–H and O–H groups in total. The molecular formula is C17H28O2. The zero-order valence-electron chi connectivity index (χ0n) is 12.8. The highest BCUT2D eigenvalue weighted by Gasteiger charge is 2.47. The highest BCUT2D eigenvalue weighted by molar-refractivity contribution is 5.85. The lowest BCUT2D eigenvalue weighted by atomic mass is 9.70. The highest BCUT2D eigenvalue weighted by atomic mass is 16.3. The van der Waals surface area contributed by atoms with Crippen molar-refractivity contribution in [2.24, 2.45) is 17.3 Å². The molecular weight excluding hydrogens is 236 g/mol. The number of ketones is 1. The fourth-order valence-corrected chi connectivity index (χ4v) is 3.29. The van der Waals surface area contributed by atoms with Crippen LogP contribution >= 0.6 is 0 Å². The molecule has 0 aromatic rings. The predicted octanol–water partition coefficient (Wildman–Crippen LogP) is 3.90. The lowest BCUT2D eigenvalue weighted by Gasteiger charge is -2.36. The Labute approximate surface area is 117 Å². The van der Waals surface area contributed by atoms with Gasteiger partial charge in [0, 0.05) is 11.8 Å². The summed E-state index contributed by atoms with van der Waals surface area (Å²) in [6, 6.07) is 0. The molecule has 1 aliphatic rings. The number of aliphatic hydroxyl groups is 1. The van der Waals surface area contributed by atoms with E-state index in [-0.39, 0.29) is 11.7 Å². The van der Waals surface area contributed by atoms with Crippen molar-refractivity contribution < 1.29 is 9.90 Å². The topological polar surface area (TPSA) is 37.3 Å². The molecule has 0 spiro atoms. The van der Waals surface area contributed by atoms with E-state index in [0.717, 1.165) is 18.4 Å². The first kappa shape index (κ1) is 16.2. The standard InChI is InChI=1S/C17H28O2/c1-7-8-15(18)16(4,5)11-14-13(12(2)3)9-10-17(14,6)19/h7,13-14,19H,1-2,8-11H2,3-6H3/t13-,14-,17+/m0/s1. The largest absolute Gasteiger partial charge is 0.390 e. The van der Waals surface area contributed by atoms with Crippen LogP contribution in [0.2, 0.25) is 0 Å². The first-order chi connectivity index (χ1) is 8.62. The van der Waals surface area contributed by atoms with Gasteiger partial charge < -0.3 is 5.11 Å². The van der Waals surface area contributed by atoms with Crippen molar-refractivity contribution in [1.29, 1.82) is 0 Å². The minimum absolute atomic E-state index is 0.119. The SMILES string of the molecule is C=CCC(=O)C(C)(C)C[C@H]1[C@H](C(=C)C)CC[C@@]1(C)O. The molecule has 0 amide bonds. The summed E-state index contributed by atoms with van der Waals surface area (Å²) in [4.78, 5) is 12.2. The summed E-state index contributed by atoms with van der Waals surface area (Å²) < 4.78 is 0. The molecule has 19 heavy (non-hydrogen) atoms. The number of carbonyl (C=O) groups excluding carboxylic acids is 1. The van der Waals surface area contributed by atoms with Crippen molar-refractivity contribution >= 4 is 5.78 Å². The molecule has 0 bridgehead atoms. The first-order valence-corrected chi connectivity index (χ1v) is 7.14. The van der Waals surface area contributed by atoms with Crippen LogP contribution in [0, 0.1) is 17.3 Å². The molecule has 108 valence electrons. The van der Waals surface area contributed by atoms with Crippen LogP contribution in [0.4, 0.5) is 0 Å². The summed E-state index contributed by atoms with van der Waals surface area (Å²) in [6.45, 7) is 15.6. The number of rotatable bonds is 6. The molecule has 1 rings (SSSR count). The monoisotopic (exact) mass is 264 g/mol. The summed E-state index contributed by atoms with van der Waals surface area (Å²) in [5.41, 5.74) is 0.0192. The third-order valence-corrected chi connectivity index (χ3v) is 4.69. The van der Waals surface area contributed by atoms with Gasteiger partial charge in [0.25, 0.3) is 0 Å². The van der Waals surface area contributed by atoms with Gasteiger partial charge in [-0.15, -0.1) is 6.58 Å². The van der Waals surface area contributed by atoms with Gasteiger partial charge in [0.1, 0.15) is 5.78 Å². The number of allylic oxidation sites excluding steroid dienone is 2. The third-order valence-electron chi connectivity index (χ3n) is 4.69. The third kappa shape index (κ3) is 3.56. The smallest absolute Gasteiger partial charge is 0.142 e. The van der Waals surface area contributed by atoms with E-state index < -0.39 is 11.0 Å². The molecule has 0 aromatic heterocycles. The van der Waals surface area contributed by atoms with Crippen LogP contribution in [0.25, 0.3) is 0 Å². The number of hydrogen-bond donors (Lipinski definition) is 1. The molecule has 0 heterocycles. The van der Waals surface area contributed by atoms with Crippen molar-refractivity contribution in [3.63, 3.8) is 0 Å². The van der Waals surface area contributed by atoms with E-state index in [1.165, 1.54) is 0 Å². The van der Waals surface area contributed by atoms with Gasteiger partial charge in [0.15, 0.2) is 0 Å². The Hall–Kier alpha value is -0.890. The van der Waals surface area contributed by atoms with Gasteiger partial charge in [0.05, 0.1) is 5.60 Å². The second-order valence-corrected chi connectivity index (χ2v) is 6.96. The van der Waals surface area contributed by atoms with Gasteiger partial charge in [-0.2, -0.15) is 0 Å². The molecule has 1 saturated carbocycles. The van der Waals surface area contributed by atoms with Crippen LogP contribution in [-0.4, -0.2) is 16.5 Å². The summed E-state index contributed by atoms with van der Waals surface area (Å²) in [5.74, 6) is 0.644. The lowest BCUT2D eigenvalue weighted by Crippen LogP contribution is -2.38. The number of hydrogen-bond acceptors (Lipinski definition) is 2. The Morgan fingerprint density at radius 2 is 2.11 bits per heavy atom. The van der Waals surface area contributed by atoms with Crippen molar-refractivity contribution in [3.8, 4) is 0 Å². The molecule has 2 nitrogen and oxygen atoms in total. The van der Waals surface area contributed by atoms with E-state index in [0.29, 0.717) is 18.8 Å². The number of Topliss-reactive ketones (excluding diaryl/α,β-unsaturated/α-hetero) is 1. The van der Waals surface area contributed by atoms with Crippen molar-refractivity contribution in [2.45, 2.75) is 59.0 Å². The Kier molecular flexibility index (Phi) is 4.78. The molecule has 3 atom stereocenters. The average molecular weight is 264 g/mol. The minimum Gasteiger partial charge on any atom is -0.390 e. The quantitative estimate of drug-likeness (QED) is 0.739. The zero-order chi connectivity index (χ0) is 14.8. The van der Waals surface area contributed by atoms with Crippen molar-refractivity contribution in [2.75, 3.05) is 0 Å². The second-order valence-electron chi connectivity index (χ2n) is 6.96. The van der Waals surface area contributed by atoms with E-state index in [9.17, 15) is 9.90 Å². The normalized spacial score (nSPS) is 31.2. The number of carbonyl (C=O) groups is 1. The summed E-state index contributed by atoms with van der Waals surface area (Å²) in [6.07, 6.45) is 4.54. The van der Waals surface area contributed by atoms with E-state index in [1.54, 1.807) is 6.08 Å². The van der Waals surface area contributed by atoms with E-state index >= 15 is 0 Å². The Balaban J connectivity index is 2.90.